The summed E-state index contributed by atoms with van der Waals surface area (Å²) in [5, 5.41) is 8.69. The summed E-state index contributed by atoms with van der Waals surface area (Å²) in [5.41, 5.74) is 3.21. The first kappa shape index (κ1) is 9.98. The molecule has 0 saturated carbocycles. The number of aliphatic carboxylic acids is 1. The molecule has 0 aliphatic heterocycles. The van der Waals surface area contributed by atoms with Gasteiger partial charge in [0.25, 0.3) is 0 Å². The van der Waals surface area contributed by atoms with Crippen LogP contribution in [0.15, 0.2) is 18.5 Å². The van der Waals surface area contributed by atoms with E-state index in [-0.39, 0.29) is 6.42 Å². The third-order valence-electron chi connectivity index (χ3n) is 2.16. The van der Waals surface area contributed by atoms with Crippen molar-refractivity contribution in [1.29, 1.82) is 0 Å². The van der Waals surface area contributed by atoms with Crippen molar-refractivity contribution in [3.05, 3.63) is 29.6 Å². The Morgan fingerprint density at radius 2 is 2.33 bits per heavy atom. The van der Waals surface area contributed by atoms with Gasteiger partial charge in [0.1, 0.15) is 0 Å². The van der Waals surface area contributed by atoms with E-state index in [0.29, 0.717) is 5.88 Å². The van der Waals surface area contributed by atoms with Crippen LogP contribution in [0.4, 0.5) is 0 Å². The number of aromatic nitrogens is 2. The molecule has 15 heavy (non-hydrogen) atoms. The summed E-state index contributed by atoms with van der Waals surface area (Å²) in [7, 11) is 0. The normalized spacial score (nSPS) is 10.7. The lowest BCUT2D eigenvalue weighted by Gasteiger charge is -2.02. The van der Waals surface area contributed by atoms with Crippen LogP contribution in [0.1, 0.15) is 11.1 Å². The second-order valence-corrected chi connectivity index (χ2v) is 3.53. The van der Waals surface area contributed by atoms with E-state index in [1.807, 2.05) is 0 Å². The van der Waals surface area contributed by atoms with Gasteiger partial charge in [-0.15, -0.1) is 11.6 Å². The summed E-state index contributed by atoms with van der Waals surface area (Å²) in [5.74, 6) is -0.524. The number of carboxylic acid groups (broad SMARTS) is 1. The highest BCUT2D eigenvalue weighted by atomic mass is 35.5. The molecule has 0 radical (unpaired) electrons. The monoisotopic (exact) mass is 224 g/mol. The zero-order valence-corrected chi connectivity index (χ0v) is 8.58. The summed E-state index contributed by atoms with van der Waals surface area (Å²) in [4.78, 5) is 17.7. The maximum absolute atomic E-state index is 10.6. The Hall–Kier alpha value is -1.55. The Morgan fingerprint density at radius 1 is 1.53 bits per heavy atom. The fourth-order valence-electron chi connectivity index (χ4n) is 1.57. The topological polar surface area (TPSA) is 66.0 Å². The lowest BCUT2D eigenvalue weighted by Crippen LogP contribution is -2.00. The standard InChI is InChI=1S/C10H9ClN2O2/c11-4-7-1-6(3-9(14)15)2-8-10(7)13-5-12-8/h1-2,5H,3-4H2,(H,12,13)(H,14,15). The van der Waals surface area contributed by atoms with Crippen LogP contribution in [0.3, 0.4) is 0 Å². The average Bonchev–Trinajstić information content (AvgIpc) is 2.63. The van der Waals surface area contributed by atoms with E-state index in [1.54, 1.807) is 18.5 Å². The number of nitrogens with one attached hydrogen (secondary N) is 1. The fraction of sp³-hybridized carbons (Fsp3) is 0.200. The Morgan fingerprint density at radius 3 is 3.00 bits per heavy atom. The van der Waals surface area contributed by atoms with Crippen molar-refractivity contribution >= 4 is 28.6 Å². The summed E-state index contributed by atoms with van der Waals surface area (Å²) in [6.45, 7) is 0. The molecular weight excluding hydrogens is 216 g/mol. The molecule has 1 heterocycles. The molecule has 4 nitrogen and oxygen atoms in total. The van der Waals surface area contributed by atoms with Crippen LogP contribution in [0.2, 0.25) is 0 Å². The summed E-state index contributed by atoms with van der Waals surface area (Å²) in [6, 6.07) is 3.57. The largest absolute Gasteiger partial charge is 0.481 e. The third-order valence-corrected chi connectivity index (χ3v) is 2.45. The molecule has 0 fully saturated rings. The maximum atomic E-state index is 10.6. The van der Waals surface area contributed by atoms with Gasteiger partial charge in [-0.1, -0.05) is 6.07 Å². The quantitative estimate of drug-likeness (QED) is 0.783. The number of rotatable bonds is 3. The van der Waals surface area contributed by atoms with Crippen molar-refractivity contribution in [2.75, 3.05) is 0 Å². The number of imidazole rings is 1. The predicted octanol–water partition coefficient (Wildman–Crippen LogP) is 1.93. The number of hydrogen-bond acceptors (Lipinski definition) is 2. The van der Waals surface area contributed by atoms with Crippen molar-refractivity contribution in [3.8, 4) is 0 Å². The van der Waals surface area contributed by atoms with Crippen LogP contribution in [0, 0.1) is 0 Å². The third kappa shape index (κ3) is 1.94. The molecule has 0 aliphatic rings. The Bertz CT molecular complexity index is 507. The summed E-state index contributed by atoms with van der Waals surface area (Å²) < 4.78 is 0. The SMILES string of the molecule is O=C(O)Cc1cc(CCl)c2nc[nH]c2c1. The first-order valence-corrected chi connectivity index (χ1v) is 4.97. The van der Waals surface area contributed by atoms with Gasteiger partial charge in [0.2, 0.25) is 0 Å². The second kappa shape index (κ2) is 3.90. The first-order valence-electron chi connectivity index (χ1n) is 4.43. The molecule has 1 aromatic carbocycles. The highest BCUT2D eigenvalue weighted by Crippen LogP contribution is 2.19. The fourth-order valence-corrected chi connectivity index (χ4v) is 1.77. The smallest absolute Gasteiger partial charge is 0.307 e. The van der Waals surface area contributed by atoms with Gasteiger partial charge in [0.15, 0.2) is 0 Å². The minimum absolute atomic E-state index is 0.00114. The lowest BCUT2D eigenvalue weighted by atomic mass is 10.1. The molecule has 5 heteroatoms. The molecule has 2 aromatic rings. The molecule has 2 N–H and O–H groups in total. The van der Waals surface area contributed by atoms with Crippen LogP contribution < -0.4 is 0 Å². The predicted molar refractivity (Wildman–Crippen MR) is 57.0 cm³/mol. The molecular formula is C10H9ClN2O2. The van der Waals surface area contributed by atoms with Crippen LogP contribution >= 0.6 is 11.6 Å². The van der Waals surface area contributed by atoms with E-state index < -0.39 is 5.97 Å². The molecule has 0 amide bonds. The number of H-pyrrole nitrogens is 1. The highest BCUT2D eigenvalue weighted by Gasteiger charge is 2.07. The van der Waals surface area contributed by atoms with Gasteiger partial charge in [0, 0.05) is 5.88 Å². The van der Waals surface area contributed by atoms with Gasteiger partial charge in [-0.2, -0.15) is 0 Å². The van der Waals surface area contributed by atoms with Crippen molar-refractivity contribution in [1.82, 2.24) is 9.97 Å². The maximum Gasteiger partial charge on any atom is 0.307 e. The number of nitrogens with zero attached hydrogens (tertiary/aromatic N) is 1. The van der Waals surface area contributed by atoms with Gasteiger partial charge in [-0.3, -0.25) is 4.79 Å². The van der Waals surface area contributed by atoms with Gasteiger partial charge < -0.3 is 10.1 Å². The van der Waals surface area contributed by atoms with Gasteiger partial charge in [-0.05, 0) is 17.2 Å². The van der Waals surface area contributed by atoms with E-state index in [9.17, 15) is 4.79 Å². The molecule has 0 unspecified atom stereocenters. The molecule has 0 bridgehead atoms. The number of alkyl halides is 1. The van der Waals surface area contributed by atoms with E-state index in [0.717, 1.165) is 22.2 Å². The van der Waals surface area contributed by atoms with Crippen molar-refractivity contribution in [2.24, 2.45) is 0 Å². The summed E-state index contributed by atoms with van der Waals surface area (Å²) >= 11 is 5.77. The first-order chi connectivity index (χ1) is 7.20. The van der Waals surface area contributed by atoms with Gasteiger partial charge in [-0.25, -0.2) is 4.98 Å². The van der Waals surface area contributed by atoms with Gasteiger partial charge in [0.05, 0.1) is 23.8 Å². The van der Waals surface area contributed by atoms with Gasteiger partial charge >= 0.3 is 5.97 Å². The number of fused-ring (bicyclic) bond motifs is 1. The minimum Gasteiger partial charge on any atom is -0.481 e. The minimum atomic E-state index is -0.852. The zero-order chi connectivity index (χ0) is 10.8. The molecule has 0 aliphatic carbocycles. The zero-order valence-electron chi connectivity index (χ0n) is 7.83. The van der Waals surface area contributed by atoms with Crippen molar-refractivity contribution in [3.63, 3.8) is 0 Å². The second-order valence-electron chi connectivity index (χ2n) is 3.26. The Labute approximate surface area is 90.9 Å². The molecule has 0 saturated heterocycles. The number of halogens is 1. The van der Waals surface area contributed by atoms with Crippen LogP contribution in [-0.2, 0) is 17.1 Å². The number of carboxylic acids is 1. The highest BCUT2D eigenvalue weighted by molar-refractivity contribution is 6.17. The Balaban J connectivity index is 2.53. The van der Waals surface area contributed by atoms with Crippen LogP contribution in [-0.4, -0.2) is 21.0 Å². The lowest BCUT2D eigenvalue weighted by molar-refractivity contribution is -0.136. The number of carbonyl (C=O) groups is 1. The molecule has 0 atom stereocenters. The molecule has 2 rings (SSSR count). The summed E-state index contributed by atoms with van der Waals surface area (Å²) in [6.07, 6.45) is 1.57. The van der Waals surface area contributed by atoms with E-state index in [1.165, 1.54) is 0 Å². The van der Waals surface area contributed by atoms with E-state index >= 15 is 0 Å². The van der Waals surface area contributed by atoms with E-state index in [4.69, 9.17) is 16.7 Å². The Kier molecular flexibility index (Phi) is 2.60. The molecule has 78 valence electrons. The van der Waals surface area contributed by atoms with Crippen molar-refractivity contribution in [2.45, 2.75) is 12.3 Å². The molecule has 1 aromatic heterocycles. The number of benzene rings is 1. The number of hydrogen-bond donors (Lipinski definition) is 2. The van der Waals surface area contributed by atoms with Crippen LogP contribution in [0.25, 0.3) is 11.0 Å². The number of aromatic amines is 1. The van der Waals surface area contributed by atoms with E-state index in [2.05, 4.69) is 9.97 Å². The average molecular weight is 225 g/mol. The molecule has 0 spiro atoms. The van der Waals surface area contributed by atoms with Crippen molar-refractivity contribution < 1.29 is 9.90 Å². The van der Waals surface area contributed by atoms with Crippen LogP contribution in [0.5, 0.6) is 0 Å².